The third-order valence-electron chi connectivity index (χ3n) is 6.16. The van der Waals surface area contributed by atoms with Crippen molar-refractivity contribution in [2.24, 2.45) is 0 Å². The fourth-order valence-corrected chi connectivity index (χ4v) is 4.28. The zero-order chi connectivity index (χ0) is 25.3. The molecule has 0 atom stereocenters. The number of ether oxygens (including phenoxy) is 1. The molecular formula is C25H22F3N5O3. The van der Waals surface area contributed by atoms with Crippen molar-refractivity contribution in [1.82, 2.24) is 25.1 Å². The third kappa shape index (κ3) is 4.87. The van der Waals surface area contributed by atoms with Gasteiger partial charge in [0.15, 0.2) is 0 Å². The van der Waals surface area contributed by atoms with Crippen LogP contribution in [0.4, 0.5) is 13.2 Å². The molecule has 0 bridgehead atoms. The summed E-state index contributed by atoms with van der Waals surface area (Å²) in [5, 5.41) is 8.78. The molecule has 0 spiro atoms. The zero-order valence-electron chi connectivity index (χ0n) is 19.0. The van der Waals surface area contributed by atoms with Crippen molar-refractivity contribution in [3.63, 3.8) is 0 Å². The summed E-state index contributed by atoms with van der Waals surface area (Å²) in [7, 11) is 0. The van der Waals surface area contributed by atoms with E-state index in [9.17, 15) is 22.8 Å². The van der Waals surface area contributed by atoms with Crippen LogP contribution in [0, 0.1) is 0 Å². The van der Waals surface area contributed by atoms with Crippen LogP contribution in [0.5, 0.6) is 0 Å². The summed E-state index contributed by atoms with van der Waals surface area (Å²) in [6, 6.07) is 11.4. The molecule has 1 aliphatic rings. The highest BCUT2D eigenvalue weighted by atomic mass is 19.4. The number of carbonyl (C=O) groups excluding carboxylic acids is 1. The molecule has 1 amide bonds. The second-order valence-corrected chi connectivity index (χ2v) is 8.63. The molecule has 0 radical (unpaired) electrons. The Kier molecular flexibility index (Phi) is 6.31. The van der Waals surface area contributed by atoms with Crippen molar-refractivity contribution < 1.29 is 22.7 Å². The highest BCUT2D eigenvalue weighted by Gasteiger charge is 2.36. The van der Waals surface area contributed by atoms with E-state index in [1.165, 1.54) is 29.1 Å². The number of alkyl halides is 3. The van der Waals surface area contributed by atoms with Crippen LogP contribution in [-0.2, 0) is 17.5 Å². The van der Waals surface area contributed by atoms with Crippen molar-refractivity contribution in [1.29, 1.82) is 0 Å². The molecule has 11 heteroatoms. The maximum atomic E-state index is 13.2. The number of fused-ring (bicyclic) bond motifs is 1. The lowest BCUT2D eigenvalue weighted by Crippen LogP contribution is -2.38. The first-order valence-corrected chi connectivity index (χ1v) is 11.4. The van der Waals surface area contributed by atoms with E-state index >= 15 is 0 Å². The van der Waals surface area contributed by atoms with Crippen LogP contribution in [0.1, 0.15) is 34.5 Å². The molecular weight excluding hydrogens is 475 g/mol. The SMILES string of the molecule is O=C(NC1CCOCC1)c1cccc(Cn2cnc3cc(-c4cn[nH]c4C(F)(F)F)ccc3c2=O)c1. The van der Waals surface area contributed by atoms with Crippen molar-refractivity contribution in [3.05, 3.63) is 82.2 Å². The Morgan fingerprint density at radius 3 is 2.75 bits per heavy atom. The summed E-state index contributed by atoms with van der Waals surface area (Å²) in [5.41, 5.74) is 0.326. The van der Waals surface area contributed by atoms with E-state index in [4.69, 9.17) is 4.74 Å². The second kappa shape index (κ2) is 9.57. The Bertz CT molecular complexity index is 1470. The molecule has 186 valence electrons. The van der Waals surface area contributed by atoms with Gasteiger partial charge < -0.3 is 10.1 Å². The number of nitrogens with one attached hydrogen (secondary N) is 2. The van der Waals surface area contributed by atoms with Gasteiger partial charge in [-0.25, -0.2) is 4.98 Å². The zero-order valence-corrected chi connectivity index (χ0v) is 19.0. The Morgan fingerprint density at radius 2 is 1.97 bits per heavy atom. The molecule has 1 saturated heterocycles. The van der Waals surface area contributed by atoms with Gasteiger partial charge in [0, 0.05) is 30.4 Å². The van der Waals surface area contributed by atoms with Crippen LogP contribution in [0.15, 0.2) is 59.8 Å². The standard InChI is InChI=1S/C25H22F3N5O3/c26-25(27,28)22-20(12-30-32-22)16-4-5-19-21(11-16)29-14-33(24(19)35)13-15-2-1-3-17(10-15)23(34)31-18-6-8-36-9-7-18/h1-5,10-12,14,18H,6-9,13H2,(H,30,32)(H,31,34). The number of hydrogen-bond donors (Lipinski definition) is 2. The Hall–Kier alpha value is -3.99. The number of halogens is 3. The van der Waals surface area contributed by atoms with Crippen molar-refractivity contribution in [2.45, 2.75) is 31.6 Å². The van der Waals surface area contributed by atoms with Crippen LogP contribution in [0.2, 0.25) is 0 Å². The number of H-pyrrole nitrogens is 1. The van der Waals surface area contributed by atoms with E-state index in [1.807, 2.05) is 11.2 Å². The summed E-state index contributed by atoms with van der Waals surface area (Å²) < 4.78 is 46.4. The smallest absolute Gasteiger partial charge is 0.381 e. The van der Waals surface area contributed by atoms with Crippen LogP contribution in [0.3, 0.4) is 0 Å². The summed E-state index contributed by atoms with van der Waals surface area (Å²) >= 11 is 0. The van der Waals surface area contributed by atoms with Gasteiger partial charge in [0.1, 0.15) is 5.69 Å². The molecule has 3 heterocycles. The lowest BCUT2D eigenvalue weighted by Gasteiger charge is -2.23. The Morgan fingerprint density at radius 1 is 1.17 bits per heavy atom. The molecule has 5 rings (SSSR count). The number of benzene rings is 2. The minimum Gasteiger partial charge on any atom is -0.381 e. The van der Waals surface area contributed by atoms with Gasteiger partial charge in [0.2, 0.25) is 0 Å². The lowest BCUT2D eigenvalue weighted by atomic mass is 10.0. The Balaban J connectivity index is 1.38. The van der Waals surface area contributed by atoms with Gasteiger partial charge in [0.05, 0.1) is 30.0 Å². The summed E-state index contributed by atoms with van der Waals surface area (Å²) in [6.45, 7) is 1.42. The largest absolute Gasteiger partial charge is 0.433 e. The molecule has 1 fully saturated rings. The van der Waals surface area contributed by atoms with Gasteiger partial charge in [-0.3, -0.25) is 19.3 Å². The molecule has 2 N–H and O–H groups in total. The first kappa shape index (κ1) is 23.7. The number of carbonyl (C=O) groups is 1. The van der Waals surface area contributed by atoms with Gasteiger partial charge in [-0.05, 0) is 48.2 Å². The van der Waals surface area contributed by atoms with Crippen molar-refractivity contribution >= 4 is 16.8 Å². The predicted octanol–water partition coefficient (Wildman–Crippen LogP) is 3.76. The molecule has 36 heavy (non-hydrogen) atoms. The van der Waals surface area contributed by atoms with E-state index in [1.54, 1.807) is 18.2 Å². The topological polar surface area (TPSA) is 102 Å². The minimum atomic E-state index is -4.59. The second-order valence-electron chi connectivity index (χ2n) is 8.63. The van der Waals surface area contributed by atoms with Crippen molar-refractivity contribution in [2.75, 3.05) is 13.2 Å². The maximum Gasteiger partial charge on any atom is 0.433 e. The van der Waals surface area contributed by atoms with Crippen LogP contribution < -0.4 is 10.9 Å². The van der Waals surface area contributed by atoms with E-state index in [0.29, 0.717) is 18.8 Å². The first-order chi connectivity index (χ1) is 17.3. The number of aromatic nitrogens is 4. The normalized spacial score (nSPS) is 14.8. The van der Waals surface area contributed by atoms with Gasteiger partial charge >= 0.3 is 6.18 Å². The fraction of sp³-hybridized carbons (Fsp3) is 0.280. The highest BCUT2D eigenvalue weighted by molar-refractivity contribution is 5.94. The summed E-state index contributed by atoms with van der Waals surface area (Å²) in [4.78, 5) is 30.0. The number of hydrogen-bond acceptors (Lipinski definition) is 5. The number of nitrogens with zero attached hydrogens (tertiary/aromatic N) is 3. The van der Waals surface area contributed by atoms with E-state index in [0.717, 1.165) is 24.6 Å². The molecule has 0 unspecified atom stereocenters. The Labute approximate surface area is 203 Å². The van der Waals surface area contributed by atoms with Crippen LogP contribution >= 0.6 is 0 Å². The minimum absolute atomic E-state index is 0.0707. The average molecular weight is 497 g/mol. The van der Waals surface area contributed by atoms with E-state index in [2.05, 4.69) is 15.4 Å². The van der Waals surface area contributed by atoms with E-state index < -0.39 is 11.9 Å². The number of rotatable bonds is 5. The third-order valence-corrected chi connectivity index (χ3v) is 6.16. The van der Waals surface area contributed by atoms with Crippen LogP contribution in [0.25, 0.3) is 22.0 Å². The molecule has 2 aromatic heterocycles. The van der Waals surface area contributed by atoms with Crippen LogP contribution in [-0.4, -0.2) is 44.9 Å². The molecule has 2 aromatic carbocycles. The molecule has 0 aliphatic carbocycles. The summed E-state index contributed by atoms with van der Waals surface area (Å²) in [6.07, 6.45) is -0.611. The molecule has 1 aliphatic heterocycles. The van der Waals surface area contributed by atoms with Gasteiger partial charge in [-0.15, -0.1) is 0 Å². The fourth-order valence-electron chi connectivity index (χ4n) is 4.28. The number of aromatic amines is 1. The lowest BCUT2D eigenvalue weighted by molar-refractivity contribution is -0.140. The van der Waals surface area contributed by atoms with Gasteiger partial charge in [-0.2, -0.15) is 18.3 Å². The van der Waals surface area contributed by atoms with E-state index in [-0.39, 0.29) is 46.1 Å². The monoisotopic (exact) mass is 497 g/mol. The first-order valence-electron chi connectivity index (χ1n) is 11.4. The molecule has 4 aromatic rings. The van der Waals surface area contributed by atoms with Crippen molar-refractivity contribution in [3.8, 4) is 11.1 Å². The molecule has 8 nitrogen and oxygen atoms in total. The van der Waals surface area contributed by atoms with Gasteiger partial charge in [0.25, 0.3) is 11.5 Å². The number of amides is 1. The maximum absolute atomic E-state index is 13.2. The molecule has 0 saturated carbocycles. The quantitative estimate of drug-likeness (QED) is 0.437. The average Bonchev–Trinajstić information content (AvgIpc) is 3.37. The highest BCUT2D eigenvalue weighted by Crippen LogP contribution is 2.35. The predicted molar refractivity (Wildman–Crippen MR) is 125 cm³/mol. The summed E-state index contributed by atoms with van der Waals surface area (Å²) in [5.74, 6) is -0.183. The van der Waals surface area contributed by atoms with Gasteiger partial charge in [-0.1, -0.05) is 18.2 Å².